The molecule has 0 bridgehead atoms. The number of methoxy groups -OCH3 is 2. The third-order valence-corrected chi connectivity index (χ3v) is 4.38. The van der Waals surface area contributed by atoms with E-state index in [-0.39, 0.29) is 36.0 Å². The topological polar surface area (TPSA) is 82.9 Å². The van der Waals surface area contributed by atoms with Crippen molar-refractivity contribution in [3.63, 3.8) is 0 Å². The first-order chi connectivity index (χ1) is 14.2. The minimum Gasteiger partial charge on any atom is -0.466 e. The third-order valence-electron chi connectivity index (χ3n) is 4.38. The van der Waals surface area contributed by atoms with Gasteiger partial charge in [0.25, 0.3) is 0 Å². The average Bonchev–Trinajstić information content (AvgIpc) is 3.17. The Morgan fingerprint density at radius 2 is 1.77 bits per heavy atom. The lowest BCUT2D eigenvalue weighted by molar-refractivity contribution is -0.140. The molecule has 1 aliphatic rings. The Labute approximate surface area is 169 Å². The van der Waals surface area contributed by atoms with Crippen LogP contribution in [0.15, 0.2) is 42.0 Å². The van der Waals surface area contributed by atoms with Gasteiger partial charge in [-0.15, -0.1) is 0 Å². The Bertz CT molecular complexity index is 1010. The van der Waals surface area contributed by atoms with Crippen LogP contribution >= 0.6 is 0 Å². The number of carbonyl (C=O) groups excluding carboxylic acids is 2. The van der Waals surface area contributed by atoms with Crippen LogP contribution in [0.1, 0.15) is 11.3 Å². The van der Waals surface area contributed by atoms with Gasteiger partial charge in [-0.3, -0.25) is 0 Å². The Balaban J connectivity index is 2.21. The van der Waals surface area contributed by atoms with Crippen molar-refractivity contribution in [3.8, 4) is 5.69 Å². The summed E-state index contributed by atoms with van der Waals surface area (Å²) in [6.45, 7) is 1.18. The summed E-state index contributed by atoms with van der Waals surface area (Å²) in [6, 6.07) is 3.24. The van der Waals surface area contributed by atoms with Gasteiger partial charge in [-0.05, 0) is 25.1 Å². The lowest BCUT2D eigenvalue weighted by Crippen LogP contribution is -2.39. The maximum absolute atomic E-state index is 13.6. The van der Waals surface area contributed by atoms with Crippen LogP contribution in [0.25, 0.3) is 5.69 Å². The van der Waals surface area contributed by atoms with Crippen molar-refractivity contribution in [2.75, 3.05) is 32.5 Å². The first-order valence-corrected chi connectivity index (χ1v) is 8.64. The molecule has 0 atom stereocenters. The Hall–Kier alpha value is -3.34. The first-order valence-electron chi connectivity index (χ1n) is 8.64. The van der Waals surface area contributed by atoms with Crippen molar-refractivity contribution < 1.29 is 37.0 Å². The van der Waals surface area contributed by atoms with Gasteiger partial charge in [0.2, 0.25) is 0 Å². The lowest BCUT2D eigenvalue weighted by Gasteiger charge is -2.32. The number of nitrogens with zero attached hydrogens (tertiary/aromatic N) is 3. The number of carbonyl (C=O) groups is 2. The van der Waals surface area contributed by atoms with E-state index in [1.807, 2.05) is 0 Å². The number of halogens is 3. The van der Waals surface area contributed by atoms with E-state index in [1.54, 1.807) is 13.1 Å². The molecule has 0 saturated heterocycles. The van der Waals surface area contributed by atoms with Gasteiger partial charge in [0.1, 0.15) is 12.4 Å². The number of aromatic nitrogens is 2. The fourth-order valence-corrected chi connectivity index (χ4v) is 2.97. The molecule has 2 aromatic rings. The van der Waals surface area contributed by atoms with Gasteiger partial charge in [-0.25, -0.2) is 14.6 Å². The normalized spacial score (nSPS) is 14.7. The quantitative estimate of drug-likeness (QED) is 0.697. The van der Waals surface area contributed by atoms with Gasteiger partial charge in [0.05, 0.1) is 44.0 Å². The van der Waals surface area contributed by atoms with Crippen LogP contribution in [0.5, 0.6) is 0 Å². The highest BCUT2D eigenvalue weighted by molar-refractivity contribution is 6.03. The maximum atomic E-state index is 13.6. The molecule has 0 N–H and O–H groups in total. The van der Waals surface area contributed by atoms with Gasteiger partial charge >= 0.3 is 18.1 Å². The zero-order valence-corrected chi connectivity index (χ0v) is 16.3. The van der Waals surface area contributed by atoms with Crippen LogP contribution in [0.2, 0.25) is 0 Å². The number of rotatable bonds is 4. The highest BCUT2D eigenvalue weighted by Crippen LogP contribution is 2.36. The monoisotopic (exact) mass is 425 g/mol. The number of hydrogen-bond donors (Lipinski definition) is 0. The standard InChI is InChI=1S/C19H18F3N3O5/c1-11-7-24(9-23-11)13-4-12(19(20,21)22)5-14(6-13)25-10-30-8-15(17(26)28-2)16(25)18(27)29-3/h4-7,9H,8,10H2,1-3H3. The molecular formula is C19H18F3N3O5. The number of aryl methyl sites for hydroxylation is 1. The van der Waals surface area contributed by atoms with Crippen LogP contribution in [-0.4, -0.2) is 49.0 Å². The number of benzene rings is 1. The number of anilines is 1. The SMILES string of the molecule is COC(=O)C1=C(C(=O)OC)N(c2cc(-n3cnc(C)c3)cc(C(F)(F)F)c2)COC1. The van der Waals surface area contributed by atoms with Gasteiger partial charge in [-0.2, -0.15) is 13.2 Å². The van der Waals surface area contributed by atoms with Crippen LogP contribution < -0.4 is 4.90 Å². The van der Waals surface area contributed by atoms with Crippen LogP contribution in [0.4, 0.5) is 18.9 Å². The molecule has 0 unspecified atom stereocenters. The first kappa shape index (κ1) is 21.4. The fourth-order valence-electron chi connectivity index (χ4n) is 2.97. The van der Waals surface area contributed by atoms with Gasteiger partial charge in [0.15, 0.2) is 0 Å². The van der Waals surface area contributed by atoms with Crippen LogP contribution in [-0.2, 0) is 30.0 Å². The molecule has 30 heavy (non-hydrogen) atoms. The molecule has 11 heteroatoms. The van der Waals surface area contributed by atoms with E-state index in [4.69, 9.17) is 9.47 Å². The van der Waals surface area contributed by atoms with Crippen molar-refractivity contribution in [1.82, 2.24) is 9.55 Å². The molecule has 0 saturated carbocycles. The summed E-state index contributed by atoms with van der Waals surface area (Å²) in [5.41, 5.74) is -0.604. The highest BCUT2D eigenvalue weighted by Gasteiger charge is 2.35. The molecule has 1 aliphatic heterocycles. The minimum absolute atomic E-state index is 0.0207. The average molecular weight is 425 g/mol. The van der Waals surface area contributed by atoms with Crippen LogP contribution in [0, 0.1) is 6.92 Å². The molecule has 0 fully saturated rings. The highest BCUT2D eigenvalue weighted by atomic mass is 19.4. The number of imidazole rings is 1. The predicted molar refractivity (Wildman–Crippen MR) is 97.7 cm³/mol. The molecule has 2 heterocycles. The van der Waals surface area contributed by atoms with Crippen molar-refractivity contribution in [2.45, 2.75) is 13.1 Å². The van der Waals surface area contributed by atoms with E-state index >= 15 is 0 Å². The number of alkyl halides is 3. The number of hydrogen-bond acceptors (Lipinski definition) is 7. The van der Waals surface area contributed by atoms with E-state index in [2.05, 4.69) is 9.72 Å². The van der Waals surface area contributed by atoms with Crippen molar-refractivity contribution >= 4 is 17.6 Å². The van der Waals surface area contributed by atoms with Crippen molar-refractivity contribution in [2.24, 2.45) is 0 Å². The largest absolute Gasteiger partial charge is 0.466 e. The van der Waals surface area contributed by atoms with E-state index < -0.39 is 23.7 Å². The number of ether oxygens (including phenoxy) is 3. The maximum Gasteiger partial charge on any atom is 0.416 e. The summed E-state index contributed by atoms with van der Waals surface area (Å²) in [5.74, 6) is -1.76. The smallest absolute Gasteiger partial charge is 0.416 e. The van der Waals surface area contributed by atoms with Gasteiger partial charge in [-0.1, -0.05) is 0 Å². The molecule has 1 aromatic heterocycles. The van der Waals surface area contributed by atoms with Crippen LogP contribution in [0.3, 0.4) is 0 Å². The van der Waals surface area contributed by atoms with E-state index in [1.165, 1.54) is 17.0 Å². The summed E-state index contributed by atoms with van der Waals surface area (Å²) < 4.78 is 56.9. The summed E-state index contributed by atoms with van der Waals surface area (Å²) in [5, 5.41) is 0. The Morgan fingerprint density at radius 3 is 2.33 bits per heavy atom. The summed E-state index contributed by atoms with van der Waals surface area (Å²) in [6.07, 6.45) is -1.72. The van der Waals surface area contributed by atoms with E-state index in [0.717, 1.165) is 31.3 Å². The van der Waals surface area contributed by atoms with Gasteiger partial charge in [0, 0.05) is 17.6 Å². The second-order valence-electron chi connectivity index (χ2n) is 6.37. The molecule has 0 amide bonds. The Morgan fingerprint density at radius 1 is 1.10 bits per heavy atom. The zero-order valence-electron chi connectivity index (χ0n) is 16.3. The van der Waals surface area contributed by atoms with Crippen molar-refractivity contribution in [1.29, 1.82) is 0 Å². The summed E-state index contributed by atoms with van der Waals surface area (Å²) in [7, 11) is 2.22. The molecular weight excluding hydrogens is 407 g/mol. The van der Waals surface area contributed by atoms with E-state index in [9.17, 15) is 22.8 Å². The second kappa shape index (κ2) is 8.19. The lowest BCUT2D eigenvalue weighted by atomic mass is 10.1. The molecule has 0 spiro atoms. The van der Waals surface area contributed by atoms with E-state index in [0.29, 0.717) is 5.69 Å². The fraction of sp³-hybridized carbons (Fsp3) is 0.316. The summed E-state index contributed by atoms with van der Waals surface area (Å²) in [4.78, 5) is 29.7. The predicted octanol–water partition coefficient (Wildman–Crippen LogP) is 2.59. The second-order valence-corrected chi connectivity index (χ2v) is 6.37. The summed E-state index contributed by atoms with van der Waals surface area (Å²) >= 11 is 0. The molecule has 1 aromatic carbocycles. The molecule has 160 valence electrons. The number of esters is 2. The third kappa shape index (κ3) is 4.15. The molecule has 8 nitrogen and oxygen atoms in total. The molecule has 3 rings (SSSR count). The molecule has 0 aliphatic carbocycles. The molecule has 0 radical (unpaired) electrons. The minimum atomic E-state index is -4.66. The van der Waals surface area contributed by atoms with Gasteiger partial charge < -0.3 is 23.7 Å². The zero-order chi connectivity index (χ0) is 22.1. The van der Waals surface area contributed by atoms with Crippen molar-refractivity contribution in [3.05, 3.63) is 53.3 Å². The Kier molecular flexibility index (Phi) is 5.83.